The zero-order valence-electron chi connectivity index (χ0n) is 9.72. The van der Waals surface area contributed by atoms with Gasteiger partial charge in [0.2, 0.25) is 0 Å². The predicted molar refractivity (Wildman–Crippen MR) is 64.1 cm³/mol. The number of hydrogen-bond donors (Lipinski definition) is 0. The molecule has 0 bridgehead atoms. The maximum absolute atomic E-state index is 8.25. The maximum Gasteiger partial charge on any atom is 2.00 e. The van der Waals surface area contributed by atoms with Crippen molar-refractivity contribution >= 4 is 0 Å². The molecular weight excluding hydrogens is 371 g/mol. The molecule has 0 saturated carbocycles. The van der Waals surface area contributed by atoms with Crippen LogP contribution in [-0.2, 0) is 17.1 Å². The van der Waals surface area contributed by atoms with Crippen molar-refractivity contribution in [3.05, 3.63) is 30.6 Å². The minimum atomic E-state index is -1.75. The minimum Gasteiger partial charge on any atom is -0.412 e. The van der Waals surface area contributed by atoms with E-state index in [2.05, 4.69) is 0 Å². The third-order valence-electron chi connectivity index (χ3n) is 0. The van der Waals surface area contributed by atoms with Crippen molar-refractivity contribution in [2.45, 2.75) is 0 Å². The van der Waals surface area contributed by atoms with Crippen molar-refractivity contribution in [2.75, 3.05) is 0 Å². The van der Waals surface area contributed by atoms with Gasteiger partial charge in [-0.25, -0.2) is 0 Å². The number of hydrogen-bond acceptors (Lipinski definition) is 6. The second-order valence-electron chi connectivity index (χ2n) is 0.447. The zero-order chi connectivity index (χ0) is 7.15. The summed E-state index contributed by atoms with van der Waals surface area (Å²) in [7, 11) is 0. The van der Waals surface area contributed by atoms with Crippen LogP contribution < -0.4 is 0 Å². The van der Waals surface area contributed by atoms with E-state index in [4.69, 9.17) is 30.6 Å². The molecule has 0 aliphatic carbocycles. The Hall–Kier alpha value is -1.56. The van der Waals surface area contributed by atoms with Gasteiger partial charge in [0.15, 0.2) is 0 Å². The normalized spacial score (nSPS) is 2.29. The first-order valence-corrected chi connectivity index (χ1v) is 1.10. The summed E-state index contributed by atoms with van der Waals surface area (Å²) in [4.78, 5) is 16.5. The predicted octanol–water partition coefficient (Wildman–Crippen LogP) is -10.4. The molecule has 0 rings (SSSR count). The van der Waals surface area contributed by atoms with Crippen LogP contribution in [0.3, 0.4) is 0 Å². The van der Waals surface area contributed by atoms with Crippen molar-refractivity contribution in [3.8, 4) is 0 Å². The Morgan fingerprint density at radius 2 is 0.381 bits per heavy atom. The first-order valence-electron chi connectivity index (χ1n) is 1.10. The Balaban J connectivity index is -0.00000000163. The van der Waals surface area contributed by atoms with E-state index in [0.29, 0.717) is 0 Å². The van der Waals surface area contributed by atoms with Crippen LogP contribution in [0, 0.1) is 30.6 Å². The second kappa shape index (κ2) is 285. The van der Waals surface area contributed by atoms with E-state index < -0.39 is 10.2 Å². The molecule has 0 atom stereocenters. The summed E-state index contributed by atoms with van der Waals surface area (Å²) >= 11 is 0. The van der Waals surface area contributed by atoms with Gasteiger partial charge in [-0.2, -0.15) is 0 Å². The van der Waals surface area contributed by atoms with Gasteiger partial charge in [0, 0.05) is 0 Å². The molecule has 0 aromatic carbocycles. The first-order chi connectivity index (χ1) is 3.46. The first kappa shape index (κ1) is 335. The monoisotopic (exact) mass is 395 g/mol. The molecule has 21 heavy (non-hydrogen) atoms. The zero-order valence-corrected chi connectivity index (χ0v) is 10.9. The summed E-state index contributed by atoms with van der Waals surface area (Å²) in [6.45, 7) is 0. The van der Waals surface area contributed by atoms with Crippen molar-refractivity contribution in [1.29, 1.82) is 0 Å². The molecule has 0 aromatic rings. The van der Waals surface area contributed by atoms with Gasteiger partial charge in [0.1, 0.15) is 0 Å². The van der Waals surface area contributed by atoms with Gasteiger partial charge >= 0.3 is 17.1 Å². The Bertz CT molecular complexity index is 73.2. The molecule has 0 aliphatic heterocycles. The van der Waals surface area contributed by atoms with Gasteiger partial charge in [0.25, 0.3) is 0 Å². The van der Waals surface area contributed by atoms with E-state index in [9.17, 15) is 0 Å². The number of rotatable bonds is 0. The molecule has 20 nitrogen and oxygen atoms in total. The van der Waals surface area contributed by atoms with Gasteiger partial charge in [0.05, 0.1) is 10.2 Å². The molecule has 0 saturated heterocycles. The summed E-state index contributed by atoms with van der Waals surface area (Å²) in [5.74, 6) is 0. The summed E-state index contributed by atoms with van der Waals surface area (Å²) in [6.07, 6.45) is 0. The summed E-state index contributed by atoms with van der Waals surface area (Å²) in [5, 5.41) is 29.5. The average molecular weight is 395 g/mol. The van der Waals surface area contributed by atoms with E-state index in [1.807, 2.05) is 0 Å². The van der Waals surface area contributed by atoms with Gasteiger partial charge in [-0.05, 0) is 0 Å². The van der Waals surface area contributed by atoms with E-state index >= 15 is 0 Å². The van der Waals surface area contributed by atoms with E-state index in [1.165, 1.54) is 0 Å². The van der Waals surface area contributed by atoms with Gasteiger partial charge in [-0.3, -0.25) is 0 Å². The Morgan fingerprint density at radius 1 is 0.381 bits per heavy atom. The molecule has 1 radical (unpaired) electrons. The van der Waals surface area contributed by atoms with Crippen LogP contribution >= 0.6 is 0 Å². The van der Waals surface area contributed by atoms with Crippen molar-refractivity contribution < 1.29 is 93.0 Å². The van der Waals surface area contributed by atoms with Crippen LogP contribution in [0.2, 0.25) is 0 Å². The molecular formula is H24MnN2O18. The molecule has 0 aromatic heterocycles. The van der Waals surface area contributed by atoms with Crippen LogP contribution in [-0.4, -0.2) is 75.9 Å². The van der Waals surface area contributed by atoms with Crippen molar-refractivity contribution in [3.63, 3.8) is 0 Å². The van der Waals surface area contributed by atoms with Crippen LogP contribution in [0.1, 0.15) is 0 Å². The Morgan fingerprint density at radius 3 is 0.381 bits per heavy atom. The third-order valence-corrected chi connectivity index (χ3v) is 0. The molecule has 24 N–H and O–H groups in total. The molecule has 0 fully saturated rings. The molecule has 0 unspecified atom stereocenters. The second-order valence-corrected chi connectivity index (χ2v) is 0.447. The summed E-state index contributed by atoms with van der Waals surface area (Å²) in [6, 6.07) is 0. The quantitative estimate of drug-likeness (QED) is 0.217. The topological polar surface area (TPSA) is 510 Å². The molecule has 0 spiro atoms. The van der Waals surface area contributed by atoms with Gasteiger partial charge in [-0.1, -0.05) is 0 Å². The fourth-order valence-electron chi connectivity index (χ4n) is 0. The maximum atomic E-state index is 8.25. The molecule has 0 aliphatic rings. The average Bonchev–Trinajstić information content (AvgIpc) is 1.25. The molecule has 21 heteroatoms. The number of nitrogens with zero attached hydrogens (tertiary/aromatic N) is 2. The van der Waals surface area contributed by atoms with E-state index in [-0.39, 0.29) is 82.8 Å². The summed E-state index contributed by atoms with van der Waals surface area (Å²) < 4.78 is 0. The van der Waals surface area contributed by atoms with Crippen LogP contribution in [0.4, 0.5) is 0 Å². The van der Waals surface area contributed by atoms with Crippen molar-refractivity contribution in [2.24, 2.45) is 0 Å². The minimum absolute atomic E-state index is 0. The smallest absolute Gasteiger partial charge is 0.412 e. The van der Waals surface area contributed by atoms with Crippen molar-refractivity contribution in [1.82, 2.24) is 0 Å². The Labute approximate surface area is 125 Å². The summed E-state index contributed by atoms with van der Waals surface area (Å²) in [5.41, 5.74) is 0. The SMILES string of the molecule is O.O.O.O.O.O.O.O.O.O.O.O.O=[N+]([O-])[O-].O=[N+]([O-])[O-].[Mn+2]. The van der Waals surface area contributed by atoms with Gasteiger partial charge < -0.3 is 96.4 Å². The Kier molecular flexibility index (Phi) is 4540. The standard InChI is InChI=1S/Mn.2NO3.12H2O/c;2*2-1(3)4;;;;;;;;;;;;/h;;;12*1H2/q+2;2*-1;;;;;;;;;;;;. The molecule has 0 heterocycles. The third kappa shape index (κ3) is 2050. The van der Waals surface area contributed by atoms with Crippen LogP contribution in [0.5, 0.6) is 0 Å². The largest absolute Gasteiger partial charge is 2.00 e. The molecule has 149 valence electrons. The fraction of sp³-hybridized carbons (Fsp3) is 0. The van der Waals surface area contributed by atoms with E-state index in [1.54, 1.807) is 0 Å². The fourth-order valence-corrected chi connectivity index (χ4v) is 0. The van der Waals surface area contributed by atoms with E-state index in [0.717, 1.165) is 0 Å². The van der Waals surface area contributed by atoms with Crippen LogP contribution in [0.15, 0.2) is 0 Å². The molecule has 0 amide bonds. The van der Waals surface area contributed by atoms with Gasteiger partial charge in [-0.15, -0.1) is 0 Å². The van der Waals surface area contributed by atoms with Crippen LogP contribution in [0.25, 0.3) is 0 Å².